The van der Waals surface area contributed by atoms with Gasteiger partial charge in [0.25, 0.3) is 0 Å². The van der Waals surface area contributed by atoms with Crippen molar-refractivity contribution < 1.29 is 0 Å². The maximum absolute atomic E-state index is 6.41. The van der Waals surface area contributed by atoms with E-state index in [4.69, 9.17) is 11.6 Å². The number of aryl methyl sites for hydroxylation is 2. The first kappa shape index (κ1) is 15.5. The zero-order chi connectivity index (χ0) is 14.5. The van der Waals surface area contributed by atoms with E-state index < -0.39 is 0 Å². The van der Waals surface area contributed by atoms with Crippen molar-refractivity contribution in [1.29, 1.82) is 0 Å². The molecule has 1 unspecified atom stereocenters. The van der Waals surface area contributed by atoms with Crippen molar-refractivity contribution in [2.24, 2.45) is 7.05 Å². The lowest BCUT2D eigenvalue weighted by atomic mass is 10.0. The number of nitrogens with zero attached hydrogens (tertiary/aromatic N) is 2. The zero-order valence-electron chi connectivity index (χ0n) is 11.7. The molecule has 1 N–H and O–H groups in total. The Kier molecular flexibility index (Phi) is 5.64. The molecular formula is C15H19BrClN3. The summed E-state index contributed by atoms with van der Waals surface area (Å²) in [5.41, 5.74) is 1.14. The average Bonchev–Trinajstić information content (AvgIpc) is 2.84. The smallest absolute Gasteiger partial charge is 0.108 e. The first-order valence-corrected chi connectivity index (χ1v) is 7.94. The van der Waals surface area contributed by atoms with Gasteiger partial charge in [-0.05, 0) is 40.5 Å². The van der Waals surface area contributed by atoms with Crippen LogP contribution in [-0.4, -0.2) is 16.1 Å². The number of hydrogen-bond donors (Lipinski definition) is 1. The van der Waals surface area contributed by atoms with Crippen molar-refractivity contribution >= 4 is 27.5 Å². The number of imidazole rings is 1. The maximum Gasteiger partial charge on any atom is 0.108 e. The van der Waals surface area contributed by atoms with Gasteiger partial charge in [0, 0.05) is 36.4 Å². The number of benzene rings is 1. The van der Waals surface area contributed by atoms with Crippen LogP contribution in [0.4, 0.5) is 0 Å². The highest BCUT2D eigenvalue weighted by Crippen LogP contribution is 2.32. The molecule has 0 spiro atoms. The minimum Gasteiger partial charge on any atom is -0.338 e. The number of hydrogen-bond acceptors (Lipinski definition) is 2. The van der Waals surface area contributed by atoms with E-state index in [1.807, 2.05) is 31.6 Å². The van der Waals surface area contributed by atoms with Gasteiger partial charge in [0.2, 0.25) is 0 Å². The molecule has 0 aliphatic carbocycles. The van der Waals surface area contributed by atoms with E-state index in [0.717, 1.165) is 40.3 Å². The molecule has 2 rings (SSSR count). The molecule has 0 bridgehead atoms. The standard InChI is InChI=1S/C15H19BrClN3/c1-3-18-13(7-8-14-19-9-10-20(14)2)11-5-4-6-12(16)15(11)17/h4-6,9-10,13,18H,3,7-8H2,1-2H3. The molecule has 0 aliphatic rings. The molecule has 1 heterocycles. The first-order chi connectivity index (χ1) is 9.63. The van der Waals surface area contributed by atoms with E-state index in [0.29, 0.717) is 0 Å². The molecule has 108 valence electrons. The van der Waals surface area contributed by atoms with Crippen molar-refractivity contribution in [2.45, 2.75) is 25.8 Å². The van der Waals surface area contributed by atoms with E-state index in [1.54, 1.807) is 0 Å². The predicted octanol–water partition coefficient (Wildman–Crippen LogP) is 4.12. The molecular weight excluding hydrogens is 338 g/mol. The van der Waals surface area contributed by atoms with Crippen LogP contribution in [0, 0.1) is 0 Å². The second-order valence-electron chi connectivity index (χ2n) is 4.75. The quantitative estimate of drug-likeness (QED) is 0.844. The molecule has 0 radical (unpaired) electrons. The fourth-order valence-electron chi connectivity index (χ4n) is 2.31. The number of aromatic nitrogens is 2. The molecule has 0 saturated heterocycles. The van der Waals surface area contributed by atoms with Gasteiger partial charge < -0.3 is 9.88 Å². The summed E-state index contributed by atoms with van der Waals surface area (Å²) < 4.78 is 3.00. The van der Waals surface area contributed by atoms with Crippen molar-refractivity contribution in [3.63, 3.8) is 0 Å². The third-order valence-corrected chi connectivity index (χ3v) is 4.70. The Morgan fingerprint density at radius 3 is 2.90 bits per heavy atom. The molecule has 0 fully saturated rings. The fraction of sp³-hybridized carbons (Fsp3) is 0.400. The number of nitrogens with one attached hydrogen (secondary N) is 1. The van der Waals surface area contributed by atoms with E-state index >= 15 is 0 Å². The summed E-state index contributed by atoms with van der Waals surface area (Å²) in [6.07, 6.45) is 5.70. The molecule has 3 nitrogen and oxygen atoms in total. The predicted molar refractivity (Wildman–Crippen MR) is 87.1 cm³/mol. The molecule has 1 aromatic carbocycles. The van der Waals surface area contributed by atoms with Gasteiger partial charge in [0.15, 0.2) is 0 Å². The van der Waals surface area contributed by atoms with Gasteiger partial charge in [-0.25, -0.2) is 4.98 Å². The molecule has 0 saturated carbocycles. The second kappa shape index (κ2) is 7.25. The van der Waals surface area contributed by atoms with Crippen LogP contribution in [0.1, 0.15) is 30.8 Å². The van der Waals surface area contributed by atoms with Gasteiger partial charge in [-0.3, -0.25) is 0 Å². The lowest BCUT2D eigenvalue weighted by Gasteiger charge is -2.20. The normalized spacial score (nSPS) is 12.6. The maximum atomic E-state index is 6.41. The minimum absolute atomic E-state index is 0.238. The van der Waals surface area contributed by atoms with Gasteiger partial charge in [0.05, 0.1) is 5.02 Å². The Balaban J connectivity index is 2.14. The third kappa shape index (κ3) is 3.62. The van der Waals surface area contributed by atoms with Crippen LogP contribution in [0.5, 0.6) is 0 Å². The van der Waals surface area contributed by atoms with Crippen LogP contribution in [-0.2, 0) is 13.5 Å². The monoisotopic (exact) mass is 355 g/mol. The summed E-state index contributed by atoms with van der Waals surface area (Å²) in [6, 6.07) is 6.31. The summed E-state index contributed by atoms with van der Waals surface area (Å²) in [4.78, 5) is 4.37. The van der Waals surface area contributed by atoms with Gasteiger partial charge in [-0.2, -0.15) is 0 Å². The third-order valence-electron chi connectivity index (χ3n) is 3.38. The van der Waals surface area contributed by atoms with Gasteiger partial charge >= 0.3 is 0 Å². The van der Waals surface area contributed by atoms with Crippen molar-refractivity contribution in [3.05, 3.63) is 51.5 Å². The van der Waals surface area contributed by atoms with Crippen LogP contribution in [0.25, 0.3) is 0 Å². The van der Waals surface area contributed by atoms with Gasteiger partial charge in [0.1, 0.15) is 5.82 Å². The van der Waals surface area contributed by atoms with Crippen molar-refractivity contribution in [2.75, 3.05) is 6.54 Å². The molecule has 0 amide bonds. The average molecular weight is 357 g/mol. The lowest BCUT2D eigenvalue weighted by molar-refractivity contribution is 0.505. The van der Waals surface area contributed by atoms with E-state index in [1.165, 1.54) is 0 Å². The second-order valence-corrected chi connectivity index (χ2v) is 5.98. The fourth-order valence-corrected chi connectivity index (χ4v) is 2.95. The van der Waals surface area contributed by atoms with E-state index in [2.05, 4.69) is 43.8 Å². The summed E-state index contributed by atoms with van der Waals surface area (Å²) in [7, 11) is 2.02. The summed E-state index contributed by atoms with van der Waals surface area (Å²) in [5.74, 6) is 1.10. The highest BCUT2D eigenvalue weighted by molar-refractivity contribution is 9.10. The van der Waals surface area contributed by atoms with Crippen LogP contribution >= 0.6 is 27.5 Å². The Labute approximate surface area is 133 Å². The topological polar surface area (TPSA) is 29.9 Å². The number of halogens is 2. The van der Waals surface area contributed by atoms with Crippen LogP contribution in [0.3, 0.4) is 0 Å². The SMILES string of the molecule is CCNC(CCc1nccn1C)c1cccc(Br)c1Cl. The molecule has 1 atom stereocenters. The van der Waals surface area contributed by atoms with Crippen LogP contribution < -0.4 is 5.32 Å². The number of rotatable bonds is 6. The highest BCUT2D eigenvalue weighted by atomic mass is 79.9. The molecule has 20 heavy (non-hydrogen) atoms. The first-order valence-electron chi connectivity index (χ1n) is 6.77. The Morgan fingerprint density at radius 2 is 2.25 bits per heavy atom. The largest absolute Gasteiger partial charge is 0.338 e. The van der Waals surface area contributed by atoms with Crippen LogP contribution in [0.2, 0.25) is 5.02 Å². The summed E-state index contributed by atoms with van der Waals surface area (Å²) in [6.45, 7) is 3.02. The molecule has 2 aromatic rings. The summed E-state index contributed by atoms with van der Waals surface area (Å²) >= 11 is 9.90. The van der Waals surface area contributed by atoms with E-state index in [9.17, 15) is 0 Å². The summed E-state index contributed by atoms with van der Waals surface area (Å²) in [5, 5.41) is 4.30. The molecule has 0 aliphatic heterocycles. The Morgan fingerprint density at radius 1 is 1.45 bits per heavy atom. The minimum atomic E-state index is 0.238. The van der Waals surface area contributed by atoms with Gasteiger partial charge in [-0.15, -0.1) is 0 Å². The molecule has 5 heteroatoms. The zero-order valence-corrected chi connectivity index (χ0v) is 14.1. The lowest BCUT2D eigenvalue weighted by Crippen LogP contribution is -2.22. The highest BCUT2D eigenvalue weighted by Gasteiger charge is 2.16. The van der Waals surface area contributed by atoms with Crippen molar-refractivity contribution in [3.8, 4) is 0 Å². The molecule has 1 aromatic heterocycles. The Hall–Kier alpha value is -0.840. The van der Waals surface area contributed by atoms with Crippen LogP contribution in [0.15, 0.2) is 35.1 Å². The van der Waals surface area contributed by atoms with Gasteiger partial charge in [-0.1, -0.05) is 30.7 Å². The van der Waals surface area contributed by atoms with E-state index in [-0.39, 0.29) is 6.04 Å². The van der Waals surface area contributed by atoms with Crippen molar-refractivity contribution in [1.82, 2.24) is 14.9 Å². The Bertz CT molecular complexity index is 568.